The lowest BCUT2D eigenvalue weighted by atomic mass is 9.90. The zero-order valence-corrected chi connectivity index (χ0v) is 14.5. The summed E-state index contributed by atoms with van der Waals surface area (Å²) in [5.74, 6) is 0.674. The maximum absolute atomic E-state index is 12.1. The molecule has 1 unspecified atom stereocenters. The van der Waals surface area contributed by atoms with Crippen LogP contribution in [0.5, 0.6) is 5.75 Å². The number of amides is 1. The first-order chi connectivity index (χ1) is 10.5. The molecule has 1 aromatic rings. The van der Waals surface area contributed by atoms with Gasteiger partial charge in [0, 0.05) is 25.1 Å². The predicted octanol–water partition coefficient (Wildman–Crippen LogP) is 2.28. The second-order valence-electron chi connectivity index (χ2n) is 6.17. The van der Waals surface area contributed by atoms with Crippen molar-refractivity contribution in [1.29, 1.82) is 0 Å². The van der Waals surface area contributed by atoms with Crippen molar-refractivity contribution in [2.75, 3.05) is 26.2 Å². The van der Waals surface area contributed by atoms with E-state index in [4.69, 9.17) is 10.5 Å². The van der Waals surface area contributed by atoms with Crippen LogP contribution in [-0.2, 0) is 4.79 Å². The third-order valence-electron chi connectivity index (χ3n) is 4.26. The van der Waals surface area contributed by atoms with Gasteiger partial charge in [-0.05, 0) is 42.6 Å². The van der Waals surface area contributed by atoms with Crippen LogP contribution in [-0.4, -0.2) is 42.8 Å². The molecule has 1 aliphatic rings. The molecule has 5 nitrogen and oxygen atoms in total. The summed E-state index contributed by atoms with van der Waals surface area (Å²) < 4.78 is 5.52. The summed E-state index contributed by atoms with van der Waals surface area (Å²) in [5, 5.41) is 0. The van der Waals surface area contributed by atoms with Crippen LogP contribution in [0.3, 0.4) is 0 Å². The van der Waals surface area contributed by atoms with Crippen molar-refractivity contribution in [2.24, 2.45) is 11.1 Å². The summed E-state index contributed by atoms with van der Waals surface area (Å²) in [6.07, 6.45) is 1.41. The lowest BCUT2D eigenvalue weighted by Gasteiger charge is -2.22. The minimum atomic E-state index is -0.0223. The Morgan fingerprint density at radius 1 is 1.30 bits per heavy atom. The van der Waals surface area contributed by atoms with Gasteiger partial charge in [0.2, 0.25) is 0 Å². The number of Topliss-reactive ketones (excluding diaryl/α,β-unsaturated/α-hetero) is 1. The van der Waals surface area contributed by atoms with Gasteiger partial charge in [-0.15, -0.1) is 12.4 Å². The van der Waals surface area contributed by atoms with Crippen molar-refractivity contribution < 1.29 is 14.3 Å². The average molecular weight is 341 g/mol. The van der Waals surface area contributed by atoms with Crippen molar-refractivity contribution >= 4 is 24.1 Å². The zero-order chi connectivity index (χ0) is 16.2. The van der Waals surface area contributed by atoms with Crippen molar-refractivity contribution in [3.05, 3.63) is 29.8 Å². The third-order valence-corrected chi connectivity index (χ3v) is 4.26. The molecular weight excluding hydrogens is 316 g/mol. The van der Waals surface area contributed by atoms with Gasteiger partial charge in [-0.3, -0.25) is 9.59 Å². The van der Waals surface area contributed by atoms with Crippen molar-refractivity contribution in [1.82, 2.24) is 4.90 Å². The van der Waals surface area contributed by atoms with E-state index >= 15 is 0 Å². The van der Waals surface area contributed by atoms with Crippen LogP contribution in [0.25, 0.3) is 0 Å². The van der Waals surface area contributed by atoms with Gasteiger partial charge >= 0.3 is 0 Å². The summed E-state index contributed by atoms with van der Waals surface area (Å²) in [7, 11) is 0. The SMILES string of the molecule is CCC(=O)c1ccc(OCC(=O)N2CCC(C)(CN)C2)cc1.Cl. The molecule has 1 saturated heterocycles. The smallest absolute Gasteiger partial charge is 0.260 e. The van der Waals surface area contributed by atoms with Gasteiger partial charge in [-0.2, -0.15) is 0 Å². The molecule has 0 spiro atoms. The van der Waals surface area contributed by atoms with Crippen LogP contribution in [0.1, 0.15) is 37.0 Å². The molecule has 6 heteroatoms. The summed E-state index contributed by atoms with van der Waals surface area (Å²) in [6.45, 7) is 5.96. The fourth-order valence-corrected chi connectivity index (χ4v) is 2.58. The van der Waals surface area contributed by atoms with E-state index in [0.717, 1.165) is 13.0 Å². The molecular formula is C17H25ClN2O3. The molecule has 128 valence electrons. The van der Waals surface area contributed by atoms with Crippen molar-refractivity contribution in [3.8, 4) is 5.75 Å². The summed E-state index contributed by atoms with van der Waals surface area (Å²) in [4.78, 5) is 25.5. The molecule has 1 atom stereocenters. The number of ketones is 1. The number of hydrogen-bond donors (Lipinski definition) is 1. The molecule has 2 rings (SSSR count). The molecule has 1 fully saturated rings. The van der Waals surface area contributed by atoms with E-state index in [1.165, 1.54) is 0 Å². The number of benzene rings is 1. The number of ether oxygens (including phenoxy) is 1. The predicted molar refractivity (Wildman–Crippen MR) is 92.2 cm³/mol. The molecule has 1 amide bonds. The van der Waals surface area contributed by atoms with E-state index in [9.17, 15) is 9.59 Å². The van der Waals surface area contributed by atoms with Crippen molar-refractivity contribution in [3.63, 3.8) is 0 Å². The molecule has 0 aromatic heterocycles. The van der Waals surface area contributed by atoms with Gasteiger partial charge in [0.15, 0.2) is 12.4 Å². The Hall–Kier alpha value is -1.59. The Morgan fingerprint density at radius 2 is 1.96 bits per heavy atom. The lowest BCUT2D eigenvalue weighted by molar-refractivity contribution is -0.132. The number of carbonyl (C=O) groups excluding carboxylic acids is 2. The molecule has 0 bridgehead atoms. The molecule has 1 heterocycles. The van der Waals surface area contributed by atoms with E-state index < -0.39 is 0 Å². The van der Waals surface area contributed by atoms with Crippen LogP contribution in [0, 0.1) is 5.41 Å². The summed E-state index contributed by atoms with van der Waals surface area (Å²) >= 11 is 0. The number of likely N-dealkylation sites (tertiary alicyclic amines) is 1. The number of rotatable bonds is 6. The maximum atomic E-state index is 12.1. The van der Waals surface area contributed by atoms with Gasteiger partial charge < -0.3 is 15.4 Å². The Kier molecular flexibility index (Phi) is 7.03. The highest BCUT2D eigenvalue weighted by atomic mass is 35.5. The van der Waals surface area contributed by atoms with Crippen LogP contribution < -0.4 is 10.5 Å². The van der Waals surface area contributed by atoms with Gasteiger partial charge in [0.1, 0.15) is 5.75 Å². The Labute approximate surface area is 143 Å². The Morgan fingerprint density at radius 3 is 2.48 bits per heavy atom. The molecule has 1 aliphatic heterocycles. The Balaban J connectivity index is 0.00000264. The summed E-state index contributed by atoms with van der Waals surface area (Å²) in [6, 6.07) is 6.91. The topological polar surface area (TPSA) is 72.6 Å². The van der Waals surface area contributed by atoms with E-state index in [-0.39, 0.29) is 36.1 Å². The summed E-state index contributed by atoms with van der Waals surface area (Å²) in [5.41, 5.74) is 6.44. The van der Waals surface area contributed by atoms with E-state index in [0.29, 0.717) is 30.8 Å². The minimum absolute atomic E-state index is 0. The second kappa shape index (κ2) is 8.31. The highest BCUT2D eigenvalue weighted by Crippen LogP contribution is 2.28. The number of hydrogen-bond acceptors (Lipinski definition) is 4. The van der Waals surface area contributed by atoms with Gasteiger partial charge in [0.25, 0.3) is 5.91 Å². The highest BCUT2D eigenvalue weighted by Gasteiger charge is 2.34. The number of carbonyl (C=O) groups is 2. The molecule has 0 aliphatic carbocycles. The molecule has 2 N–H and O–H groups in total. The molecule has 23 heavy (non-hydrogen) atoms. The van der Waals surface area contributed by atoms with Crippen LogP contribution in [0.2, 0.25) is 0 Å². The fraction of sp³-hybridized carbons (Fsp3) is 0.529. The van der Waals surface area contributed by atoms with Crippen LogP contribution in [0.15, 0.2) is 24.3 Å². The van der Waals surface area contributed by atoms with Gasteiger partial charge in [-0.1, -0.05) is 13.8 Å². The van der Waals surface area contributed by atoms with Crippen LogP contribution >= 0.6 is 12.4 Å². The maximum Gasteiger partial charge on any atom is 0.260 e. The van der Waals surface area contributed by atoms with Gasteiger partial charge in [0.05, 0.1) is 0 Å². The molecule has 0 radical (unpaired) electrons. The number of nitrogens with zero attached hydrogens (tertiary/aromatic N) is 1. The van der Waals surface area contributed by atoms with Crippen molar-refractivity contribution in [2.45, 2.75) is 26.7 Å². The van der Waals surface area contributed by atoms with Gasteiger partial charge in [-0.25, -0.2) is 0 Å². The first-order valence-corrected chi connectivity index (χ1v) is 7.71. The van der Waals surface area contributed by atoms with E-state index in [2.05, 4.69) is 6.92 Å². The monoisotopic (exact) mass is 340 g/mol. The molecule has 1 aromatic carbocycles. The van der Waals surface area contributed by atoms with E-state index in [1.807, 2.05) is 11.8 Å². The largest absolute Gasteiger partial charge is 0.484 e. The number of nitrogens with two attached hydrogens (primary N) is 1. The minimum Gasteiger partial charge on any atom is -0.484 e. The first-order valence-electron chi connectivity index (χ1n) is 7.71. The Bertz CT molecular complexity index is 547. The standard InChI is InChI=1S/C17H24N2O3.ClH/c1-3-15(20)13-4-6-14(7-5-13)22-10-16(21)19-9-8-17(2,11-18)12-19;/h4-7H,3,8-12,18H2,1-2H3;1H. The first kappa shape index (κ1) is 19.5. The third kappa shape index (κ3) is 4.94. The highest BCUT2D eigenvalue weighted by molar-refractivity contribution is 5.95. The quantitative estimate of drug-likeness (QED) is 0.806. The average Bonchev–Trinajstić information content (AvgIpc) is 2.95. The van der Waals surface area contributed by atoms with E-state index in [1.54, 1.807) is 24.3 Å². The number of halogens is 1. The molecule has 0 saturated carbocycles. The fourth-order valence-electron chi connectivity index (χ4n) is 2.58. The normalized spacial score (nSPS) is 20.0. The lowest BCUT2D eigenvalue weighted by Crippen LogP contribution is -2.36. The van der Waals surface area contributed by atoms with Crippen LogP contribution in [0.4, 0.5) is 0 Å². The zero-order valence-electron chi connectivity index (χ0n) is 13.7. The second-order valence-corrected chi connectivity index (χ2v) is 6.17.